The van der Waals surface area contributed by atoms with Crippen molar-refractivity contribution in [1.82, 2.24) is 0 Å². The average Bonchev–Trinajstić information content (AvgIpc) is 2.23. The molecule has 9 nitrogen and oxygen atoms in total. The predicted octanol–water partition coefficient (Wildman–Crippen LogP) is -5.40. The van der Waals surface area contributed by atoms with E-state index in [1.807, 2.05) is 0 Å². The third-order valence-corrected chi connectivity index (χ3v) is 2.12. The van der Waals surface area contributed by atoms with E-state index in [0.717, 1.165) is 0 Å². The molecular formula is C6H16Na2O9S. The van der Waals surface area contributed by atoms with Gasteiger partial charge >= 0.3 is 70.5 Å². The second-order valence-electron chi connectivity index (χ2n) is 2.93. The Balaban J connectivity index is -0.00000112. The Morgan fingerprint density at radius 3 is 1.72 bits per heavy atom. The minimum atomic E-state index is -2.87. The summed E-state index contributed by atoms with van der Waals surface area (Å²) in [7, 11) is 0. The molecule has 0 spiro atoms. The van der Waals surface area contributed by atoms with Gasteiger partial charge in [0.25, 0.3) is 0 Å². The van der Waals surface area contributed by atoms with E-state index in [4.69, 9.17) is 30.1 Å². The molecule has 0 heterocycles. The van der Waals surface area contributed by atoms with Gasteiger partial charge in [0, 0.05) is 0 Å². The van der Waals surface area contributed by atoms with Crippen LogP contribution in [0.3, 0.4) is 0 Å². The fourth-order valence-corrected chi connectivity index (χ4v) is 1.13. The van der Waals surface area contributed by atoms with Gasteiger partial charge in [0.05, 0.1) is 6.61 Å². The van der Waals surface area contributed by atoms with E-state index >= 15 is 0 Å². The first-order valence-corrected chi connectivity index (χ1v) is 5.13. The second-order valence-corrected chi connectivity index (χ2v) is 3.55. The molecule has 6 atom stereocenters. The van der Waals surface area contributed by atoms with E-state index in [1.165, 1.54) is 0 Å². The first-order valence-electron chi connectivity index (χ1n) is 4.10. The van der Waals surface area contributed by atoms with Crippen molar-refractivity contribution in [2.45, 2.75) is 30.7 Å². The van der Waals surface area contributed by atoms with E-state index in [1.54, 1.807) is 0 Å². The number of rotatable bonds is 7. The van der Waals surface area contributed by atoms with Crippen LogP contribution >= 0.6 is 0 Å². The van der Waals surface area contributed by atoms with Crippen LogP contribution in [0.2, 0.25) is 0 Å². The molecule has 0 aromatic rings. The molecule has 0 amide bonds. The summed E-state index contributed by atoms with van der Waals surface area (Å²) in [5, 5.41) is 53.7. The molecule has 12 heteroatoms. The molecule has 0 saturated carbocycles. The standard InChI is InChI=1S/C6H14O9S.2Na.2H/c7-1-2(8)3(9)4(10)5(11)6(12)15-16(13)14;;;;/h2-12H,1H2,(H,13,14);;;;/t2-,3-,4+,5+,6?;;;;/m1..../s1. The van der Waals surface area contributed by atoms with Crippen LogP contribution in [0.1, 0.15) is 0 Å². The van der Waals surface area contributed by atoms with Gasteiger partial charge in [-0.3, -0.25) is 4.55 Å². The molecule has 0 aromatic carbocycles. The van der Waals surface area contributed by atoms with Gasteiger partial charge in [-0.2, -0.15) is 4.21 Å². The summed E-state index contributed by atoms with van der Waals surface area (Å²) >= 11 is -2.87. The SMILES string of the molecule is O=S(O)OC(O)[C@@H](O)[C@@H](O)[C@H](O)[C@H](O)CO.[NaH].[NaH]. The van der Waals surface area contributed by atoms with Crippen LogP contribution in [-0.4, -0.2) is 136 Å². The van der Waals surface area contributed by atoms with Crippen LogP contribution in [0, 0.1) is 0 Å². The minimum absolute atomic E-state index is 0. The first kappa shape index (κ1) is 24.8. The van der Waals surface area contributed by atoms with Gasteiger partial charge in [0.15, 0.2) is 0 Å². The topological polar surface area (TPSA) is 168 Å². The van der Waals surface area contributed by atoms with Crippen LogP contribution in [0.15, 0.2) is 0 Å². The van der Waals surface area contributed by atoms with E-state index in [-0.39, 0.29) is 59.1 Å². The molecule has 0 aliphatic heterocycles. The van der Waals surface area contributed by atoms with Crippen molar-refractivity contribution in [1.29, 1.82) is 0 Å². The number of hydrogen-bond donors (Lipinski definition) is 7. The first-order chi connectivity index (χ1) is 7.31. The fourth-order valence-electron chi connectivity index (χ4n) is 0.848. The van der Waals surface area contributed by atoms with Crippen LogP contribution < -0.4 is 0 Å². The maximum atomic E-state index is 10.1. The average molecular weight is 310 g/mol. The molecule has 0 saturated heterocycles. The molecule has 2 unspecified atom stereocenters. The molecule has 0 bridgehead atoms. The summed E-state index contributed by atoms with van der Waals surface area (Å²) in [4.78, 5) is 0. The molecule has 0 fully saturated rings. The normalized spacial score (nSPS) is 20.6. The van der Waals surface area contributed by atoms with Gasteiger partial charge in [0.1, 0.15) is 24.4 Å². The molecule has 0 rings (SSSR count). The summed E-state index contributed by atoms with van der Waals surface area (Å²) < 4.78 is 22.1. The number of hydrogen-bond acceptors (Lipinski definition) is 8. The van der Waals surface area contributed by atoms with E-state index < -0.39 is 48.7 Å². The van der Waals surface area contributed by atoms with Gasteiger partial charge < -0.3 is 30.6 Å². The summed E-state index contributed by atoms with van der Waals surface area (Å²) in [5.41, 5.74) is 0. The molecule has 18 heavy (non-hydrogen) atoms. The Morgan fingerprint density at radius 1 is 0.944 bits per heavy atom. The van der Waals surface area contributed by atoms with Crippen LogP contribution in [0.5, 0.6) is 0 Å². The van der Waals surface area contributed by atoms with Crippen molar-refractivity contribution < 1.29 is 43.6 Å². The molecule has 0 aromatic heterocycles. The van der Waals surface area contributed by atoms with Gasteiger partial charge in [0.2, 0.25) is 6.29 Å². The third-order valence-electron chi connectivity index (χ3n) is 1.75. The summed E-state index contributed by atoms with van der Waals surface area (Å²) in [6.45, 7) is -0.881. The third kappa shape index (κ3) is 8.89. The summed E-state index contributed by atoms with van der Waals surface area (Å²) in [6.07, 6.45) is -10.1. The monoisotopic (exact) mass is 310 g/mol. The van der Waals surface area contributed by atoms with Gasteiger partial charge in [-0.05, 0) is 0 Å². The molecule has 7 N–H and O–H groups in total. The number of aliphatic hydroxyl groups excluding tert-OH is 6. The van der Waals surface area contributed by atoms with Crippen molar-refractivity contribution in [3.63, 3.8) is 0 Å². The quantitative estimate of drug-likeness (QED) is 0.138. The maximum absolute atomic E-state index is 10.1. The molecule has 0 radical (unpaired) electrons. The zero-order valence-electron chi connectivity index (χ0n) is 7.95. The number of aliphatic hydroxyl groups is 6. The van der Waals surface area contributed by atoms with E-state index in [0.29, 0.717) is 0 Å². The van der Waals surface area contributed by atoms with Crippen molar-refractivity contribution in [2.75, 3.05) is 6.61 Å². The van der Waals surface area contributed by atoms with Crippen molar-refractivity contribution in [3.8, 4) is 0 Å². The van der Waals surface area contributed by atoms with Gasteiger partial charge in [-0.1, -0.05) is 0 Å². The van der Waals surface area contributed by atoms with Crippen molar-refractivity contribution in [2.24, 2.45) is 0 Å². The van der Waals surface area contributed by atoms with E-state index in [9.17, 15) is 9.32 Å². The fraction of sp³-hybridized carbons (Fsp3) is 1.00. The molecule has 102 valence electrons. The Labute approximate surface area is 150 Å². The van der Waals surface area contributed by atoms with E-state index in [2.05, 4.69) is 4.18 Å². The van der Waals surface area contributed by atoms with Gasteiger partial charge in [-0.25, -0.2) is 4.18 Å². The zero-order chi connectivity index (χ0) is 12.9. The van der Waals surface area contributed by atoms with Crippen molar-refractivity contribution >= 4 is 70.5 Å². The second kappa shape index (κ2) is 12.6. The van der Waals surface area contributed by atoms with Crippen LogP contribution in [0.25, 0.3) is 0 Å². The van der Waals surface area contributed by atoms with Crippen molar-refractivity contribution in [3.05, 3.63) is 0 Å². The Hall–Kier alpha value is 1.83. The van der Waals surface area contributed by atoms with Crippen LogP contribution in [0.4, 0.5) is 0 Å². The zero-order valence-corrected chi connectivity index (χ0v) is 8.77. The summed E-state index contributed by atoms with van der Waals surface area (Å²) in [6, 6.07) is 0. The molecule has 0 aliphatic carbocycles. The Bertz CT molecular complexity index is 233. The predicted molar refractivity (Wildman–Crippen MR) is 63.3 cm³/mol. The van der Waals surface area contributed by atoms with Gasteiger partial charge in [-0.15, -0.1) is 0 Å². The Kier molecular flexibility index (Phi) is 17.3. The molecular weight excluding hydrogens is 294 g/mol. The molecule has 0 aliphatic rings. The Morgan fingerprint density at radius 2 is 1.39 bits per heavy atom. The summed E-state index contributed by atoms with van der Waals surface area (Å²) in [5.74, 6) is 0. The van der Waals surface area contributed by atoms with Crippen LogP contribution in [-0.2, 0) is 15.5 Å².